The average Bonchev–Trinajstić information content (AvgIpc) is 2.46. The number of hydrogen-bond acceptors (Lipinski definition) is 2. The van der Waals surface area contributed by atoms with Crippen molar-refractivity contribution in [3.8, 4) is 0 Å². The molecule has 1 radical (unpaired) electrons. The van der Waals surface area contributed by atoms with Gasteiger partial charge in [0.1, 0.15) is 12.6 Å². The minimum absolute atomic E-state index is 0.683. The van der Waals surface area contributed by atoms with Crippen LogP contribution >= 0.6 is 0 Å². The zero-order chi connectivity index (χ0) is 12.8. The lowest BCUT2D eigenvalue weighted by Crippen LogP contribution is -1.90. The molecule has 18 heavy (non-hydrogen) atoms. The first kappa shape index (κ1) is 12.2. The zero-order valence-corrected chi connectivity index (χ0v) is 9.87. The zero-order valence-electron chi connectivity index (χ0n) is 9.87. The maximum atomic E-state index is 10.5. The van der Waals surface area contributed by atoms with Gasteiger partial charge in [-0.25, -0.2) is 0 Å². The number of rotatable bonds is 5. The molecule has 0 unspecified atom stereocenters. The molecule has 0 amide bonds. The fraction of sp³-hybridized carbons (Fsp3) is 0.0625. The van der Waals surface area contributed by atoms with Gasteiger partial charge in [0, 0.05) is 11.1 Å². The van der Waals surface area contributed by atoms with Gasteiger partial charge < -0.3 is 0 Å². The van der Waals surface area contributed by atoms with E-state index >= 15 is 0 Å². The SMILES string of the molecule is O=Cc1ccc([CH]Cc2ccc(C=O)cc2)cc1. The summed E-state index contributed by atoms with van der Waals surface area (Å²) in [4.78, 5) is 21.0. The van der Waals surface area contributed by atoms with E-state index in [1.165, 1.54) is 0 Å². The quantitative estimate of drug-likeness (QED) is 0.749. The van der Waals surface area contributed by atoms with Gasteiger partial charge in [0.15, 0.2) is 0 Å². The number of hydrogen-bond donors (Lipinski definition) is 0. The molecule has 0 heterocycles. The number of carbonyl (C=O) groups excluding carboxylic acids is 2. The van der Waals surface area contributed by atoms with E-state index in [1.54, 1.807) is 12.1 Å². The second kappa shape index (κ2) is 5.92. The average molecular weight is 237 g/mol. The molecule has 0 fully saturated rings. The molecule has 89 valence electrons. The number of benzene rings is 2. The van der Waals surface area contributed by atoms with Crippen molar-refractivity contribution in [3.63, 3.8) is 0 Å². The summed E-state index contributed by atoms with van der Waals surface area (Å²) < 4.78 is 0. The van der Waals surface area contributed by atoms with Crippen LogP contribution in [0.2, 0.25) is 0 Å². The molecule has 0 N–H and O–H groups in total. The van der Waals surface area contributed by atoms with E-state index in [1.807, 2.05) is 36.4 Å². The molecule has 0 spiro atoms. The summed E-state index contributed by atoms with van der Waals surface area (Å²) in [5, 5.41) is 0. The maximum Gasteiger partial charge on any atom is 0.150 e. The molecule has 0 saturated heterocycles. The van der Waals surface area contributed by atoms with Crippen LogP contribution in [0.15, 0.2) is 48.5 Å². The molecule has 0 aliphatic carbocycles. The maximum absolute atomic E-state index is 10.5. The van der Waals surface area contributed by atoms with Crippen LogP contribution in [-0.4, -0.2) is 12.6 Å². The Bertz CT molecular complexity index is 473. The Balaban J connectivity index is 1.97. The number of aldehydes is 2. The van der Waals surface area contributed by atoms with Crippen LogP contribution in [0.3, 0.4) is 0 Å². The lowest BCUT2D eigenvalue weighted by Gasteiger charge is -2.02. The largest absolute Gasteiger partial charge is 0.298 e. The van der Waals surface area contributed by atoms with Crippen molar-refractivity contribution in [1.82, 2.24) is 0 Å². The van der Waals surface area contributed by atoms with Gasteiger partial charge in [-0.3, -0.25) is 9.59 Å². The number of carbonyl (C=O) groups is 2. The molecule has 2 rings (SSSR count). The fourth-order valence-electron chi connectivity index (χ4n) is 1.68. The van der Waals surface area contributed by atoms with E-state index < -0.39 is 0 Å². The molecule has 0 aliphatic rings. The van der Waals surface area contributed by atoms with E-state index in [4.69, 9.17) is 0 Å². The highest BCUT2D eigenvalue weighted by molar-refractivity contribution is 5.75. The summed E-state index contributed by atoms with van der Waals surface area (Å²) in [6.45, 7) is 0. The van der Waals surface area contributed by atoms with Crippen molar-refractivity contribution < 1.29 is 9.59 Å². The monoisotopic (exact) mass is 237 g/mol. The Morgan fingerprint density at radius 2 is 1.11 bits per heavy atom. The van der Waals surface area contributed by atoms with Crippen molar-refractivity contribution in [1.29, 1.82) is 0 Å². The summed E-state index contributed by atoms with van der Waals surface area (Å²) in [6, 6.07) is 15.0. The summed E-state index contributed by atoms with van der Waals surface area (Å²) in [7, 11) is 0. The minimum atomic E-state index is 0.683. The minimum Gasteiger partial charge on any atom is -0.298 e. The van der Waals surface area contributed by atoms with E-state index in [0.717, 1.165) is 30.1 Å². The van der Waals surface area contributed by atoms with Crippen molar-refractivity contribution in [2.24, 2.45) is 0 Å². The van der Waals surface area contributed by atoms with Crippen LogP contribution in [0.4, 0.5) is 0 Å². The first-order valence-electron chi connectivity index (χ1n) is 5.74. The second-order valence-corrected chi connectivity index (χ2v) is 4.05. The van der Waals surface area contributed by atoms with Crippen LogP contribution in [0.5, 0.6) is 0 Å². The van der Waals surface area contributed by atoms with Gasteiger partial charge >= 0.3 is 0 Å². The third-order valence-electron chi connectivity index (χ3n) is 2.76. The van der Waals surface area contributed by atoms with Crippen molar-refractivity contribution >= 4 is 12.6 Å². The molecule has 0 saturated carbocycles. The molecule has 2 heteroatoms. The standard InChI is InChI=1S/C16H13O2/c17-11-15-7-3-13(4-8-15)1-2-14-5-9-16(12-18)10-6-14/h1,3-12H,2H2. The Morgan fingerprint density at radius 3 is 1.61 bits per heavy atom. The van der Waals surface area contributed by atoms with Gasteiger partial charge in [0.05, 0.1) is 0 Å². The van der Waals surface area contributed by atoms with Crippen LogP contribution < -0.4 is 0 Å². The van der Waals surface area contributed by atoms with Crippen LogP contribution in [0.1, 0.15) is 31.8 Å². The second-order valence-electron chi connectivity index (χ2n) is 4.05. The third kappa shape index (κ3) is 3.14. The lowest BCUT2D eigenvalue weighted by atomic mass is 10.0. The summed E-state index contributed by atoms with van der Waals surface area (Å²) >= 11 is 0. The molecule has 0 bridgehead atoms. The van der Waals surface area contributed by atoms with Gasteiger partial charge in [0.2, 0.25) is 0 Å². The summed E-state index contributed by atoms with van der Waals surface area (Å²) in [5.74, 6) is 0. The predicted molar refractivity (Wildman–Crippen MR) is 70.8 cm³/mol. The lowest BCUT2D eigenvalue weighted by molar-refractivity contribution is 0.111. The fourth-order valence-corrected chi connectivity index (χ4v) is 1.68. The Hall–Kier alpha value is -2.22. The van der Waals surface area contributed by atoms with Crippen molar-refractivity contribution in [2.45, 2.75) is 6.42 Å². The molecule has 0 aliphatic heterocycles. The molecule has 2 nitrogen and oxygen atoms in total. The van der Waals surface area contributed by atoms with Crippen LogP contribution in [-0.2, 0) is 6.42 Å². The smallest absolute Gasteiger partial charge is 0.150 e. The molecule has 0 aromatic heterocycles. The molecular formula is C16H13O2. The molecule has 2 aromatic carbocycles. The highest BCUT2D eigenvalue weighted by Gasteiger charge is 1.97. The van der Waals surface area contributed by atoms with E-state index in [9.17, 15) is 9.59 Å². The van der Waals surface area contributed by atoms with Gasteiger partial charge in [-0.05, 0) is 24.0 Å². The Labute approximate surface area is 106 Å². The van der Waals surface area contributed by atoms with Crippen molar-refractivity contribution in [3.05, 3.63) is 77.2 Å². The first-order chi connectivity index (χ1) is 8.81. The van der Waals surface area contributed by atoms with Gasteiger partial charge in [0.25, 0.3) is 0 Å². The third-order valence-corrected chi connectivity index (χ3v) is 2.76. The van der Waals surface area contributed by atoms with E-state index in [2.05, 4.69) is 6.42 Å². The normalized spacial score (nSPS) is 10.0. The Kier molecular flexibility index (Phi) is 4.02. The van der Waals surface area contributed by atoms with Crippen molar-refractivity contribution in [2.75, 3.05) is 0 Å². The highest BCUT2D eigenvalue weighted by Crippen LogP contribution is 2.11. The summed E-state index contributed by atoms with van der Waals surface area (Å²) in [6.07, 6.45) is 4.57. The van der Waals surface area contributed by atoms with E-state index in [-0.39, 0.29) is 0 Å². The van der Waals surface area contributed by atoms with Gasteiger partial charge in [-0.1, -0.05) is 48.5 Å². The van der Waals surface area contributed by atoms with Crippen LogP contribution in [0, 0.1) is 6.42 Å². The molecule has 0 atom stereocenters. The van der Waals surface area contributed by atoms with Gasteiger partial charge in [-0.2, -0.15) is 0 Å². The summed E-state index contributed by atoms with van der Waals surface area (Å²) in [5.41, 5.74) is 3.61. The Morgan fingerprint density at radius 1 is 0.667 bits per heavy atom. The predicted octanol–water partition coefficient (Wildman–Crippen LogP) is 3.11. The van der Waals surface area contributed by atoms with E-state index in [0.29, 0.717) is 11.1 Å². The highest BCUT2D eigenvalue weighted by atomic mass is 16.1. The topological polar surface area (TPSA) is 34.1 Å². The van der Waals surface area contributed by atoms with Gasteiger partial charge in [-0.15, -0.1) is 0 Å². The first-order valence-corrected chi connectivity index (χ1v) is 5.74. The van der Waals surface area contributed by atoms with Crippen LogP contribution in [0.25, 0.3) is 0 Å². The molecule has 2 aromatic rings. The molecular weight excluding hydrogens is 224 g/mol.